The topological polar surface area (TPSA) is 63.6 Å². The van der Waals surface area contributed by atoms with Crippen molar-refractivity contribution in [2.75, 3.05) is 6.61 Å². The molecule has 0 heterocycles. The highest BCUT2D eigenvalue weighted by atomic mass is 16.6. The summed E-state index contributed by atoms with van der Waals surface area (Å²) in [7, 11) is 0. The van der Waals surface area contributed by atoms with Gasteiger partial charge in [0.25, 0.3) is 0 Å². The highest BCUT2D eigenvalue weighted by molar-refractivity contribution is 6.05. The average Bonchev–Trinajstić information content (AvgIpc) is 2.44. The molecule has 0 amide bonds. The Morgan fingerprint density at radius 3 is 2.47 bits per heavy atom. The van der Waals surface area contributed by atoms with E-state index in [1.165, 1.54) is 0 Å². The van der Waals surface area contributed by atoms with Crippen molar-refractivity contribution in [1.82, 2.24) is 0 Å². The van der Waals surface area contributed by atoms with Gasteiger partial charge in [0, 0.05) is 6.42 Å². The van der Waals surface area contributed by atoms with Crippen LogP contribution in [0.25, 0.3) is 0 Å². The van der Waals surface area contributed by atoms with Crippen LogP contribution in [0, 0.1) is 5.41 Å². The predicted octanol–water partition coefficient (Wildman–Crippen LogP) is 1.06. The summed E-state index contributed by atoms with van der Waals surface area (Å²) < 4.78 is 5.17. The molecule has 0 aromatic rings. The number of carbonyl (C=O) groups excluding carboxylic acids is 2. The first-order chi connectivity index (χ1) is 6.82. The zero-order valence-corrected chi connectivity index (χ0v) is 9.50. The van der Waals surface area contributed by atoms with Crippen molar-refractivity contribution >= 4 is 11.8 Å². The summed E-state index contributed by atoms with van der Waals surface area (Å²) >= 11 is 0. The zero-order valence-electron chi connectivity index (χ0n) is 9.50. The Balaban J connectivity index is 2.83. The molecule has 0 radical (unpaired) electrons. The van der Waals surface area contributed by atoms with Crippen molar-refractivity contribution in [3.8, 4) is 0 Å². The molecule has 4 nitrogen and oxygen atoms in total. The fourth-order valence-corrected chi connectivity index (χ4v) is 1.75. The van der Waals surface area contributed by atoms with E-state index in [1.807, 2.05) is 0 Å². The van der Waals surface area contributed by atoms with E-state index in [-0.39, 0.29) is 5.78 Å². The first-order valence-electron chi connectivity index (χ1n) is 5.19. The van der Waals surface area contributed by atoms with E-state index in [4.69, 9.17) is 4.74 Å². The minimum atomic E-state index is -1.28. The van der Waals surface area contributed by atoms with Crippen LogP contribution in [0.5, 0.6) is 0 Å². The highest BCUT2D eigenvalue weighted by Crippen LogP contribution is 2.36. The second-order valence-corrected chi connectivity index (χ2v) is 5.02. The van der Waals surface area contributed by atoms with Gasteiger partial charge in [0.2, 0.25) is 0 Å². The van der Waals surface area contributed by atoms with Crippen molar-refractivity contribution in [2.24, 2.45) is 5.41 Å². The summed E-state index contributed by atoms with van der Waals surface area (Å²) in [6.07, 6.45) is 1.41. The average molecular weight is 214 g/mol. The lowest BCUT2D eigenvalue weighted by Crippen LogP contribution is -2.43. The van der Waals surface area contributed by atoms with E-state index in [1.54, 1.807) is 20.8 Å². The highest BCUT2D eigenvalue weighted by Gasteiger charge is 2.50. The Morgan fingerprint density at radius 1 is 1.53 bits per heavy atom. The number of rotatable bonds is 2. The number of hydrogen-bond acceptors (Lipinski definition) is 4. The minimum absolute atomic E-state index is 0.195. The van der Waals surface area contributed by atoms with Gasteiger partial charge in [0.05, 0.1) is 6.61 Å². The second-order valence-electron chi connectivity index (χ2n) is 5.02. The first kappa shape index (κ1) is 12.2. The maximum Gasteiger partial charge on any atom is 0.322 e. The summed E-state index contributed by atoms with van der Waals surface area (Å²) in [6, 6.07) is 0. The minimum Gasteiger partial charge on any atom is -0.459 e. The van der Waals surface area contributed by atoms with E-state index in [0.717, 1.165) is 0 Å². The maximum atomic E-state index is 11.8. The molecule has 86 valence electrons. The molecule has 1 aliphatic rings. The SMILES string of the molecule is CC(C)(C)OC(=O)[C@]1(CO)CCCC1=O. The van der Waals surface area contributed by atoms with Gasteiger partial charge in [-0.05, 0) is 33.6 Å². The Labute approximate surface area is 89.6 Å². The number of ether oxygens (including phenoxy) is 1. The van der Waals surface area contributed by atoms with Crippen molar-refractivity contribution in [3.63, 3.8) is 0 Å². The Kier molecular flexibility index (Phi) is 3.19. The van der Waals surface area contributed by atoms with Gasteiger partial charge < -0.3 is 9.84 Å². The van der Waals surface area contributed by atoms with Crippen LogP contribution in [0.2, 0.25) is 0 Å². The molecule has 15 heavy (non-hydrogen) atoms. The third kappa shape index (κ3) is 2.37. The van der Waals surface area contributed by atoms with Gasteiger partial charge in [-0.1, -0.05) is 0 Å². The third-order valence-corrected chi connectivity index (χ3v) is 2.60. The molecular weight excluding hydrogens is 196 g/mol. The quantitative estimate of drug-likeness (QED) is 0.551. The first-order valence-corrected chi connectivity index (χ1v) is 5.19. The fourth-order valence-electron chi connectivity index (χ4n) is 1.75. The van der Waals surface area contributed by atoms with Gasteiger partial charge in [-0.25, -0.2) is 0 Å². The van der Waals surface area contributed by atoms with E-state index in [0.29, 0.717) is 19.3 Å². The fraction of sp³-hybridized carbons (Fsp3) is 0.818. The van der Waals surface area contributed by atoms with Crippen molar-refractivity contribution in [3.05, 3.63) is 0 Å². The van der Waals surface area contributed by atoms with Crippen LogP contribution >= 0.6 is 0 Å². The van der Waals surface area contributed by atoms with Gasteiger partial charge in [-0.2, -0.15) is 0 Å². The van der Waals surface area contributed by atoms with E-state index < -0.39 is 23.6 Å². The van der Waals surface area contributed by atoms with Crippen molar-refractivity contribution in [1.29, 1.82) is 0 Å². The molecule has 1 saturated carbocycles. The lowest BCUT2D eigenvalue weighted by atomic mass is 9.86. The number of aliphatic hydroxyl groups excluding tert-OH is 1. The van der Waals surface area contributed by atoms with Crippen LogP contribution in [0.3, 0.4) is 0 Å². The van der Waals surface area contributed by atoms with Crippen LogP contribution in [-0.2, 0) is 14.3 Å². The molecule has 1 atom stereocenters. The summed E-state index contributed by atoms with van der Waals surface area (Å²) in [5.41, 5.74) is -1.91. The van der Waals surface area contributed by atoms with Crippen LogP contribution in [0.4, 0.5) is 0 Å². The smallest absolute Gasteiger partial charge is 0.322 e. The Morgan fingerprint density at radius 2 is 2.13 bits per heavy atom. The van der Waals surface area contributed by atoms with Crippen LogP contribution in [0.1, 0.15) is 40.0 Å². The van der Waals surface area contributed by atoms with Gasteiger partial charge >= 0.3 is 5.97 Å². The monoisotopic (exact) mass is 214 g/mol. The number of esters is 1. The van der Waals surface area contributed by atoms with Gasteiger partial charge in [-0.3, -0.25) is 9.59 Å². The molecular formula is C11H18O4. The van der Waals surface area contributed by atoms with Gasteiger partial charge in [-0.15, -0.1) is 0 Å². The summed E-state index contributed by atoms with van der Waals surface area (Å²) in [4.78, 5) is 23.4. The molecule has 1 rings (SSSR count). The Bertz CT molecular complexity index is 277. The lowest BCUT2D eigenvalue weighted by molar-refractivity contribution is -0.171. The number of Topliss-reactive ketones (excluding diaryl/α,β-unsaturated/α-hetero) is 1. The molecule has 4 heteroatoms. The van der Waals surface area contributed by atoms with Crippen molar-refractivity contribution < 1.29 is 19.4 Å². The molecule has 0 aromatic heterocycles. The normalized spacial score (nSPS) is 26.8. The number of ketones is 1. The number of hydrogen-bond donors (Lipinski definition) is 1. The molecule has 0 unspecified atom stereocenters. The van der Waals surface area contributed by atoms with E-state index >= 15 is 0 Å². The molecule has 0 bridgehead atoms. The standard InChI is InChI=1S/C11H18O4/c1-10(2,3)15-9(14)11(7-12)6-4-5-8(11)13/h12H,4-7H2,1-3H3/t11-/m0/s1. The van der Waals surface area contributed by atoms with Crippen LogP contribution in [0.15, 0.2) is 0 Å². The Hall–Kier alpha value is -0.900. The number of carbonyl (C=O) groups is 2. The van der Waals surface area contributed by atoms with E-state index in [2.05, 4.69) is 0 Å². The van der Waals surface area contributed by atoms with Crippen LogP contribution < -0.4 is 0 Å². The number of aliphatic hydroxyl groups is 1. The molecule has 1 N–H and O–H groups in total. The maximum absolute atomic E-state index is 11.8. The predicted molar refractivity (Wildman–Crippen MR) is 54.2 cm³/mol. The molecule has 0 aromatic carbocycles. The molecule has 0 aliphatic heterocycles. The molecule has 0 saturated heterocycles. The van der Waals surface area contributed by atoms with Crippen LogP contribution in [-0.4, -0.2) is 29.1 Å². The molecule has 1 fully saturated rings. The van der Waals surface area contributed by atoms with Gasteiger partial charge in [0.15, 0.2) is 5.78 Å². The largest absolute Gasteiger partial charge is 0.459 e. The molecule has 1 aliphatic carbocycles. The second kappa shape index (κ2) is 3.93. The van der Waals surface area contributed by atoms with Crippen molar-refractivity contribution in [2.45, 2.75) is 45.6 Å². The molecule has 0 spiro atoms. The lowest BCUT2D eigenvalue weighted by Gasteiger charge is -2.28. The van der Waals surface area contributed by atoms with Gasteiger partial charge in [0.1, 0.15) is 11.0 Å². The summed E-state index contributed by atoms with van der Waals surface area (Å²) in [5, 5.41) is 9.23. The third-order valence-electron chi connectivity index (χ3n) is 2.60. The summed E-state index contributed by atoms with van der Waals surface area (Å²) in [6.45, 7) is 4.79. The zero-order chi connectivity index (χ0) is 11.7. The van der Waals surface area contributed by atoms with E-state index in [9.17, 15) is 14.7 Å². The summed E-state index contributed by atoms with van der Waals surface area (Å²) in [5.74, 6) is -0.778.